The number of hydrogen-bond acceptors (Lipinski definition) is 8. The minimum absolute atomic E-state index is 0.0273. The summed E-state index contributed by atoms with van der Waals surface area (Å²) in [6.45, 7) is 5.94. The molecule has 0 saturated carbocycles. The number of aliphatic hydroxyl groups excluding tert-OH is 4. The number of carbonyl (C=O) groups is 2. The molecule has 4 N–H and O–H groups in total. The van der Waals surface area contributed by atoms with E-state index >= 15 is 0 Å². The summed E-state index contributed by atoms with van der Waals surface area (Å²) >= 11 is 0. The molecule has 8 heteroatoms. The van der Waals surface area contributed by atoms with Crippen LogP contribution in [0.2, 0.25) is 0 Å². The molecule has 47 heavy (non-hydrogen) atoms. The first-order chi connectivity index (χ1) is 22.7. The van der Waals surface area contributed by atoms with Crippen LogP contribution in [0.5, 0.6) is 0 Å². The van der Waals surface area contributed by atoms with E-state index in [0.29, 0.717) is 12.8 Å². The number of unbranched alkanes of at least 4 members (excludes halogenated alkanes) is 9. The molecule has 0 unspecified atom stereocenters. The molecule has 0 radical (unpaired) electrons. The molecular formula is C39H66O8. The van der Waals surface area contributed by atoms with Crippen LogP contribution in [0.3, 0.4) is 0 Å². The van der Waals surface area contributed by atoms with Crippen molar-refractivity contribution in [1.29, 1.82) is 0 Å². The van der Waals surface area contributed by atoms with Gasteiger partial charge in [-0.2, -0.15) is 0 Å². The van der Waals surface area contributed by atoms with Crippen LogP contribution in [-0.4, -0.2) is 70.0 Å². The zero-order valence-corrected chi connectivity index (χ0v) is 29.5. The molecule has 0 aliphatic heterocycles. The summed E-state index contributed by atoms with van der Waals surface area (Å²) in [6, 6.07) is 0. The van der Waals surface area contributed by atoms with E-state index in [1.54, 1.807) is 42.5 Å². The average Bonchev–Trinajstić information content (AvgIpc) is 3.04. The van der Waals surface area contributed by atoms with Gasteiger partial charge < -0.3 is 29.9 Å². The van der Waals surface area contributed by atoms with Gasteiger partial charge in [0.2, 0.25) is 0 Å². The van der Waals surface area contributed by atoms with Crippen LogP contribution in [-0.2, 0) is 19.1 Å². The molecule has 0 heterocycles. The summed E-state index contributed by atoms with van der Waals surface area (Å²) in [5, 5.41) is 39.6. The molecule has 0 bridgehead atoms. The van der Waals surface area contributed by atoms with Gasteiger partial charge in [-0.05, 0) is 38.0 Å². The van der Waals surface area contributed by atoms with Crippen molar-refractivity contribution >= 4 is 11.9 Å². The first-order valence-electron chi connectivity index (χ1n) is 18.0. The number of carbonyl (C=O) groups excluding carboxylic acids is 2. The van der Waals surface area contributed by atoms with Crippen molar-refractivity contribution in [2.24, 2.45) is 5.92 Å². The minimum atomic E-state index is -1.08. The topological polar surface area (TPSA) is 134 Å². The Morgan fingerprint density at radius 2 is 1.21 bits per heavy atom. The SMILES string of the molecule is CC/C=C\C[C@@H](O)/C=C/C=C/C=C\C=C/[C@H](O)[C@@H](O)CCCC(=O)OC[C@H](CO)OC(=O)CCCCCCCCCCCCC(C)C. The molecule has 0 aliphatic rings. The maximum absolute atomic E-state index is 12.1. The third-order valence-electron chi connectivity index (χ3n) is 7.60. The first kappa shape index (κ1) is 44.5. The largest absolute Gasteiger partial charge is 0.462 e. The molecule has 0 aromatic heterocycles. The van der Waals surface area contributed by atoms with E-state index in [4.69, 9.17) is 9.47 Å². The van der Waals surface area contributed by atoms with E-state index in [1.807, 2.05) is 19.1 Å². The standard InChI is InChI=1S/C39H66O8/c1-4-5-18-25-34(41)26-20-15-12-13-16-21-27-36(42)37(43)28-23-30-38(44)46-32-35(31-40)47-39(45)29-22-17-11-9-7-6-8-10-14-19-24-33(2)3/h5,12-13,15-16,18,20-21,26-27,33-37,40-43H,4,6-11,14,17,19,22-25,28-32H2,1-3H3/b15-12+,16-13-,18-5-,26-20+,27-21-/t34-,35+,36+,37+/m1/s1. The van der Waals surface area contributed by atoms with Crippen LogP contribution in [0, 0.1) is 5.92 Å². The fourth-order valence-corrected chi connectivity index (χ4v) is 4.73. The van der Waals surface area contributed by atoms with Gasteiger partial charge >= 0.3 is 11.9 Å². The predicted octanol–water partition coefficient (Wildman–Crippen LogP) is 7.61. The van der Waals surface area contributed by atoms with Gasteiger partial charge in [0.25, 0.3) is 0 Å². The Morgan fingerprint density at radius 1 is 0.660 bits per heavy atom. The summed E-state index contributed by atoms with van der Waals surface area (Å²) in [5.74, 6) is -0.128. The van der Waals surface area contributed by atoms with Gasteiger partial charge in [0.05, 0.1) is 24.9 Å². The quantitative estimate of drug-likeness (QED) is 0.0267. The molecule has 4 atom stereocenters. The third-order valence-corrected chi connectivity index (χ3v) is 7.60. The van der Waals surface area contributed by atoms with Crippen molar-refractivity contribution in [1.82, 2.24) is 0 Å². The van der Waals surface area contributed by atoms with Gasteiger partial charge in [-0.25, -0.2) is 0 Å². The summed E-state index contributed by atoms with van der Waals surface area (Å²) in [6.07, 6.45) is 29.5. The second-order valence-corrected chi connectivity index (χ2v) is 12.6. The number of esters is 2. The van der Waals surface area contributed by atoms with Crippen molar-refractivity contribution in [2.75, 3.05) is 13.2 Å². The molecule has 0 saturated heterocycles. The maximum atomic E-state index is 12.1. The highest BCUT2D eigenvalue weighted by molar-refractivity contribution is 5.70. The van der Waals surface area contributed by atoms with E-state index in [9.17, 15) is 30.0 Å². The molecule has 0 amide bonds. The lowest BCUT2D eigenvalue weighted by Crippen LogP contribution is -2.28. The molecule has 0 rings (SSSR count). The van der Waals surface area contributed by atoms with Gasteiger partial charge in [0.15, 0.2) is 6.10 Å². The van der Waals surface area contributed by atoms with Crippen molar-refractivity contribution in [3.05, 3.63) is 60.8 Å². The smallest absolute Gasteiger partial charge is 0.306 e. The van der Waals surface area contributed by atoms with Crippen molar-refractivity contribution in [3.8, 4) is 0 Å². The molecule has 270 valence electrons. The first-order valence-corrected chi connectivity index (χ1v) is 18.0. The maximum Gasteiger partial charge on any atom is 0.306 e. The third kappa shape index (κ3) is 30.6. The highest BCUT2D eigenvalue weighted by Gasteiger charge is 2.17. The Kier molecular flexibility index (Phi) is 30.3. The number of allylic oxidation sites excluding steroid dienone is 7. The van der Waals surface area contributed by atoms with Gasteiger partial charge in [-0.3, -0.25) is 9.59 Å². The summed E-state index contributed by atoms with van der Waals surface area (Å²) in [4.78, 5) is 24.2. The molecule has 8 nitrogen and oxygen atoms in total. The van der Waals surface area contributed by atoms with Crippen LogP contribution in [0.25, 0.3) is 0 Å². The van der Waals surface area contributed by atoms with E-state index < -0.39 is 43.0 Å². The second-order valence-electron chi connectivity index (χ2n) is 12.6. The average molecular weight is 663 g/mol. The molecule has 0 fully saturated rings. The van der Waals surface area contributed by atoms with Gasteiger partial charge in [-0.15, -0.1) is 0 Å². The molecule has 0 aromatic rings. The molecule has 0 aromatic carbocycles. The summed E-state index contributed by atoms with van der Waals surface area (Å²) < 4.78 is 10.4. The van der Waals surface area contributed by atoms with Crippen LogP contribution >= 0.6 is 0 Å². The number of hydrogen-bond donors (Lipinski definition) is 4. The fraction of sp³-hybridized carbons (Fsp3) is 0.692. The van der Waals surface area contributed by atoms with E-state index in [1.165, 1.54) is 57.4 Å². The summed E-state index contributed by atoms with van der Waals surface area (Å²) in [7, 11) is 0. The number of ether oxygens (including phenoxy) is 2. The zero-order valence-electron chi connectivity index (χ0n) is 29.5. The number of aliphatic hydroxyl groups is 4. The zero-order chi connectivity index (χ0) is 35.0. The van der Waals surface area contributed by atoms with Crippen molar-refractivity contribution in [2.45, 2.75) is 154 Å². The van der Waals surface area contributed by atoms with Crippen LogP contribution in [0.4, 0.5) is 0 Å². The number of rotatable bonds is 30. The highest BCUT2D eigenvalue weighted by atomic mass is 16.6. The lowest BCUT2D eigenvalue weighted by Gasteiger charge is -2.16. The summed E-state index contributed by atoms with van der Waals surface area (Å²) in [5.41, 5.74) is 0. The Morgan fingerprint density at radius 3 is 1.81 bits per heavy atom. The lowest BCUT2D eigenvalue weighted by atomic mass is 10.0. The van der Waals surface area contributed by atoms with E-state index in [2.05, 4.69) is 13.8 Å². The van der Waals surface area contributed by atoms with Crippen LogP contribution < -0.4 is 0 Å². The monoisotopic (exact) mass is 662 g/mol. The molecule has 0 spiro atoms. The second kappa shape index (κ2) is 32.0. The Balaban J connectivity index is 3.98. The Hall–Kier alpha value is -2.52. The molecule has 0 aliphatic carbocycles. The Labute approximate surface area is 285 Å². The van der Waals surface area contributed by atoms with E-state index in [-0.39, 0.29) is 25.9 Å². The van der Waals surface area contributed by atoms with Crippen molar-refractivity contribution < 1.29 is 39.5 Å². The van der Waals surface area contributed by atoms with Crippen molar-refractivity contribution in [3.63, 3.8) is 0 Å². The minimum Gasteiger partial charge on any atom is -0.462 e. The van der Waals surface area contributed by atoms with Gasteiger partial charge in [0.1, 0.15) is 6.61 Å². The fourth-order valence-electron chi connectivity index (χ4n) is 4.73. The van der Waals surface area contributed by atoms with Gasteiger partial charge in [0, 0.05) is 12.8 Å². The van der Waals surface area contributed by atoms with E-state index in [0.717, 1.165) is 31.6 Å². The predicted molar refractivity (Wildman–Crippen MR) is 191 cm³/mol. The highest BCUT2D eigenvalue weighted by Crippen LogP contribution is 2.14. The lowest BCUT2D eigenvalue weighted by molar-refractivity contribution is -0.161. The van der Waals surface area contributed by atoms with Crippen LogP contribution in [0.15, 0.2) is 60.8 Å². The van der Waals surface area contributed by atoms with Crippen LogP contribution in [0.1, 0.15) is 130 Å². The van der Waals surface area contributed by atoms with Gasteiger partial charge in [-0.1, -0.05) is 146 Å². The Bertz CT molecular complexity index is 905. The normalized spacial score (nSPS) is 15.1. The molecular weight excluding hydrogens is 596 g/mol.